The Morgan fingerprint density at radius 3 is 2.52 bits per heavy atom. The highest BCUT2D eigenvalue weighted by Gasteiger charge is 2.26. The summed E-state index contributed by atoms with van der Waals surface area (Å²) in [5.74, 6) is 1.67. The SMILES string of the molecule is COCCNCCC(C)(C)c1cc2c(cc1Br)OCCO2. The Morgan fingerprint density at radius 1 is 1.19 bits per heavy atom. The Labute approximate surface area is 135 Å². The van der Waals surface area contributed by atoms with Crippen LogP contribution < -0.4 is 14.8 Å². The number of benzene rings is 1. The molecular weight excluding hydrogens is 334 g/mol. The minimum absolute atomic E-state index is 0.0503. The number of methoxy groups -OCH3 is 1. The van der Waals surface area contributed by atoms with Crippen molar-refractivity contribution in [3.8, 4) is 11.5 Å². The Morgan fingerprint density at radius 2 is 1.86 bits per heavy atom. The summed E-state index contributed by atoms with van der Waals surface area (Å²) >= 11 is 3.67. The first-order valence-electron chi connectivity index (χ1n) is 7.34. The van der Waals surface area contributed by atoms with E-state index < -0.39 is 0 Å². The first-order valence-corrected chi connectivity index (χ1v) is 8.13. The molecule has 2 rings (SSSR count). The maximum atomic E-state index is 5.69. The average Bonchev–Trinajstić information content (AvgIpc) is 2.46. The van der Waals surface area contributed by atoms with Gasteiger partial charge in [-0.2, -0.15) is 0 Å². The Kier molecular flexibility index (Phi) is 5.90. The highest BCUT2D eigenvalue weighted by atomic mass is 79.9. The van der Waals surface area contributed by atoms with Crippen molar-refractivity contribution >= 4 is 15.9 Å². The molecule has 5 heteroatoms. The standard InChI is InChI=1S/C16H24BrNO3/c1-16(2,4-5-18-6-7-19-3)12-10-14-15(11-13(12)17)21-9-8-20-14/h10-11,18H,4-9H2,1-3H3. The molecule has 0 atom stereocenters. The van der Waals surface area contributed by atoms with Gasteiger partial charge in [0, 0.05) is 18.1 Å². The van der Waals surface area contributed by atoms with Gasteiger partial charge in [-0.1, -0.05) is 29.8 Å². The number of rotatable bonds is 7. The van der Waals surface area contributed by atoms with Crippen molar-refractivity contribution in [3.05, 3.63) is 22.2 Å². The van der Waals surface area contributed by atoms with Gasteiger partial charge in [-0.15, -0.1) is 0 Å². The fourth-order valence-electron chi connectivity index (χ4n) is 2.42. The van der Waals surface area contributed by atoms with Crippen molar-refractivity contribution in [1.82, 2.24) is 5.32 Å². The third-order valence-corrected chi connectivity index (χ3v) is 4.43. The van der Waals surface area contributed by atoms with Gasteiger partial charge in [0.15, 0.2) is 11.5 Å². The van der Waals surface area contributed by atoms with Crippen LogP contribution in [0, 0.1) is 0 Å². The summed E-state index contributed by atoms with van der Waals surface area (Å²) in [5.41, 5.74) is 1.30. The van der Waals surface area contributed by atoms with Crippen LogP contribution in [0.5, 0.6) is 11.5 Å². The van der Waals surface area contributed by atoms with Gasteiger partial charge in [0.25, 0.3) is 0 Å². The van der Waals surface area contributed by atoms with Crippen molar-refractivity contribution in [2.75, 3.05) is 40.0 Å². The van der Waals surface area contributed by atoms with Crippen LogP contribution >= 0.6 is 15.9 Å². The van der Waals surface area contributed by atoms with E-state index in [2.05, 4.69) is 41.2 Å². The molecule has 0 spiro atoms. The van der Waals surface area contributed by atoms with E-state index in [1.807, 2.05) is 6.07 Å². The van der Waals surface area contributed by atoms with E-state index in [0.29, 0.717) is 13.2 Å². The van der Waals surface area contributed by atoms with Gasteiger partial charge in [-0.25, -0.2) is 0 Å². The molecule has 1 N–H and O–H groups in total. The van der Waals surface area contributed by atoms with E-state index in [-0.39, 0.29) is 5.41 Å². The molecule has 0 amide bonds. The van der Waals surface area contributed by atoms with E-state index in [4.69, 9.17) is 14.2 Å². The molecule has 0 aliphatic carbocycles. The summed E-state index contributed by atoms with van der Waals surface area (Å²) < 4.78 is 17.4. The zero-order chi connectivity index (χ0) is 15.3. The van der Waals surface area contributed by atoms with Gasteiger partial charge in [0.05, 0.1) is 6.61 Å². The lowest BCUT2D eigenvalue weighted by atomic mass is 9.81. The predicted molar refractivity (Wildman–Crippen MR) is 87.5 cm³/mol. The third kappa shape index (κ3) is 4.34. The average molecular weight is 358 g/mol. The van der Waals surface area contributed by atoms with Crippen molar-refractivity contribution in [2.45, 2.75) is 25.7 Å². The second-order valence-corrected chi connectivity index (χ2v) is 6.71. The van der Waals surface area contributed by atoms with Gasteiger partial charge >= 0.3 is 0 Å². The zero-order valence-corrected chi connectivity index (χ0v) is 14.6. The van der Waals surface area contributed by atoms with E-state index in [1.165, 1.54) is 5.56 Å². The predicted octanol–water partition coefficient (Wildman–Crippen LogP) is 3.12. The van der Waals surface area contributed by atoms with Crippen molar-refractivity contribution < 1.29 is 14.2 Å². The van der Waals surface area contributed by atoms with Crippen molar-refractivity contribution in [1.29, 1.82) is 0 Å². The van der Waals surface area contributed by atoms with E-state index >= 15 is 0 Å². The lowest BCUT2D eigenvalue weighted by Crippen LogP contribution is -2.28. The van der Waals surface area contributed by atoms with Crippen molar-refractivity contribution in [2.24, 2.45) is 0 Å². The second-order valence-electron chi connectivity index (χ2n) is 5.85. The molecule has 0 unspecified atom stereocenters. The Bertz CT molecular complexity index is 477. The summed E-state index contributed by atoms with van der Waals surface area (Å²) in [4.78, 5) is 0. The molecule has 0 bridgehead atoms. The molecule has 1 aromatic carbocycles. The maximum absolute atomic E-state index is 5.69. The summed E-state index contributed by atoms with van der Waals surface area (Å²) in [6.45, 7) is 8.32. The second kappa shape index (κ2) is 7.47. The van der Waals surface area contributed by atoms with Gasteiger partial charge < -0.3 is 19.5 Å². The largest absolute Gasteiger partial charge is 0.486 e. The number of nitrogens with one attached hydrogen (secondary N) is 1. The molecule has 118 valence electrons. The lowest BCUT2D eigenvalue weighted by Gasteiger charge is -2.29. The summed E-state index contributed by atoms with van der Waals surface area (Å²) in [6, 6.07) is 4.12. The molecule has 1 heterocycles. The van der Waals surface area contributed by atoms with Crippen LogP contribution in [0.1, 0.15) is 25.8 Å². The van der Waals surface area contributed by atoms with Crippen LogP contribution in [-0.2, 0) is 10.2 Å². The number of hydrogen-bond acceptors (Lipinski definition) is 4. The first-order chi connectivity index (χ1) is 10.0. The first kappa shape index (κ1) is 16.6. The number of halogens is 1. The Balaban J connectivity index is 2.04. The molecule has 1 aromatic rings. The van der Waals surface area contributed by atoms with Crippen LogP contribution in [-0.4, -0.2) is 40.0 Å². The maximum Gasteiger partial charge on any atom is 0.162 e. The quantitative estimate of drug-likeness (QED) is 0.761. The summed E-state index contributed by atoms with van der Waals surface area (Å²) in [6.07, 6.45) is 1.04. The molecule has 1 aliphatic rings. The summed E-state index contributed by atoms with van der Waals surface area (Å²) in [7, 11) is 1.72. The van der Waals surface area contributed by atoms with E-state index in [1.54, 1.807) is 7.11 Å². The minimum atomic E-state index is 0.0503. The van der Waals surface area contributed by atoms with Gasteiger partial charge in [0.2, 0.25) is 0 Å². The molecule has 0 radical (unpaired) electrons. The minimum Gasteiger partial charge on any atom is -0.486 e. The zero-order valence-electron chi connectivity index (χ0n) is 13.0. The van der Waals surface area contributed by atoms with Crippen LogP contribution in [0.2, 0.25) is 0 Å². The Hall–Kier alpha value is -0.780. The van der Waals surface area contributed by atoms with E-state index in [0.717, 1.165) is 42.1 Å². The highest BCUT2D eigenvalue weighted by molar-refractivity contribution is 9.10. The number of ether oxygens (including phenoxy) is 3. The normalized spacial score (nSPS) is 14.3. The number of hydrogen-bond donors (Lipinski definition) is 1. The highest BCUT2D eigenvalue weighted by Crippen LogP contribution is 2.41. The fraction of sp³-hybridized carbons (Fsp3) is 0.625. The lowest BCUT2D eigenvalue weighted by molar-refractivity contribution is 0.171. The molecule has 0 saturated heterocycles. The molecule has 1 aliphatic heterocycles. The van der Waals surface area contributed by atoms with Crippen LogP contribution in [0.3, 0.4) is 0 Å². The van der Waals surface area contributed by atoms with Crippen molar-refractivity contribution in [3.63, 3.8) is 0 Å². The molecule has 0 saturated carbocycles. The number of fused-ring (bicyclic) bond motifs is 1. The molecular formula is C16H24BrNO3. The van der Waals surface area contributed by atoms with Gasteiger partial charge in [-0.3, -0.25) is 0 Å². The monoisotopic (exact) mass is 357 g/mol. The third-order valence-electron chi connectivity index (χ3n) is 3.77. The van der Waals surface area contributed by atoms with Gasteiger partial charge in [-0.05, 0) is 36.1 Å². The molecule has 0 aromatic heterocycles. The summed E-state index contributed by atoms with van der Waals surface area (Å²) in [5, 5.41) is 3.40. The topological polar surface area (TPSA) is 39.7 Å². The van der Waals surface area contributed by atoms with Gasteiger partial charge in [0.1, 0.15) is 13.2 Å². The fourth-order valence-corrected chi connectivity index (χ4v) is 3.28. The molecule has 21 heavy (non-hydrogen) atoms. The van der Waals surface area contributed by atoms with E-state index in [9.17, 15) is 0 Å². The van der Waals surface area contributed by atoms with Crippen LogP contribution in [0.4, 0.5) is 0 Å². The molecule has 4 nitrogen and oxygen atoms in total. The van der Waals surface area contributed by atoms with Crippen LogP contribution in [0.25, 0.3) is 0 Å². The van der Waals surface area contributed by atoms with Crippen LogP contribution in [0.15, 0.2) is 16.6 Å². The molecule has 0 fully saturated rings. The smallest absolute Gasteiger partial charge is 0.162 e.